The second-order valence-electron chi connectivity index (χ2n) is 5.51. The Morgan fingerprint density at radius 2 is 1.88 bits per heavy atom. The number of fused-ring (bicyclic) bond motifs is 1. The van der Waals surface area contributed by atoms with E-state index in [9.17, 15) is 9.18 Å². The highest BCUT2D eigenvalue weighted by molar-refractivity contribution is 7.99. The molecule has 2 aromatic carbocycles. The highest BCUT2D eigenvalue weighted by atomic mass is 32.2. The van der Waals surface area contributed by atoms with Gasteiger partial charge < -0.3 is 9.47 Å². The van der Waals surface area contributed by atoms with Gasteiger partial charge in [0.1, 0.15) is 11.6 Å². The summed E-state index contributed by atoms with van der Waals surface area (Å²) in [6.45, 7) is 1.29. The predicted molar refractivity (Wildman–Crippen MR) is 100 cm³/mol. The van der Waals surface area contributed by atoms with Crippen LogP contribution < -0.4 is 10.3 Å². The van der Waals surface area contributed by atoms with Crippen molar-refractivity contribution >= 4 is 22.7 Å². The maximum atomic E-state index is 12.9. The summed E-state index contributed by atoms with van der Waals surface area (Å²) < 4.78 is 25.2. The standard InChI is InChI=1S/C19H19FN2O3S/c1-24-11-10-22-18(23)16-4-2-3-5-17(16)21-19(22)26-13-12-25-15-8-6-14(20)7-9-15/h2-9H,10-13H2,1H3. The molecule has 26 heavy (non-hydrogen) atoms. The number of methoxy groups -OCH3 is 1. The van der Waals surface area contributed by atoms with E-state index >= 15 is 0 Å². The minimum Gasteiger partial charge on any atom is -0.493 e. The van der Waals surface area contributed by atoms with Gasteiger partial charge in [-0.1, -0.05) is 23.9 Å². The van der Waals surface area contributed by atoms with E-state index in [-0.39, 0.29) is 11.4 Å². The second kappa shape index (κ2) is 8.82. The average molecular weight is 374 g/mol. The fraction of sp³-hybridized carbons (Fsp3) is 0.263. The molecule has 1 heterocycles. The van der Waals surface area contributed by atoms with Crippen LogP contribution in [-0.2, 0) is 11.3 Å². The minimum absolute atomic E-state index is 0.0744. The van der Waals surface area contributed by atoms with E-state index in [0.717, 1.165) is 0 Å². The van der Waals surface area contributed by atoms with Gasteiger partial charge in [-0.2, -0.15) is 0 Å². The molecule has 0 fully saturated rings. The summed E-state index contributed by atoms with van der Waals surface area (Å²) >= 11 is 1.45. The summed E-state index contributed by atoms with van der Waals surface area (Å²) in [5.74, 6) is 0.916. The first-order chi connectivity index (χ1) is 12.7. The van der Waals surface area contributed by atoms with Crippen LogP contribution in [0.25, 0.3) is 10.9 Å². The van der Waals surface area contributed by atoms with Crippen molar-refractivity contribution in [1.29, 1.82) is 0 Å². The molecular formula is C19H19FN2O3S. The number of nitrogens with zero attached hydrogens (tertiary/aromatic N) is 2. The monoisotopic (exact) mass is 374 g/mol. The SMILES string of the molecule is COCCn1c(SCCOc2ccc(F)cc2)nc2ccccc2c1=O. The van der Waals surface area contributed by atoms with Gasteiger partial charge in [0.25, 0.3) is 5.56 Å². The van der Waals surface area contributed by atoms with Crippen LogP contribution in [0, 0.1) is 5.82 Å². The molecule has 0 atom stereocenters. The summed E-state index contributed by atoms with van der Waals surface area (Å²) in [5.41, 5.74) is 0.600. The Morgan fingerprint density at radius 3 is 2.65 bits per heavy atom. The first-order valence-corrected chi connectivity index (χ1v) is 9.17. The maximum absolute atomic E-state index is 12.9. The molecule has 7 heteroatoms. The Morgan fingerprint density at radius 1 is 1.12 bits per heavy atom. The van der Waals surface area contributed by atoms with E-state index < -0.39 is 0 Å². The third kappa shape index (κ3) is 4.42. The van der Waals surface area contributed by atoms with E-state index in [1.54, 1.807) is 29.9 Å². The Balaban J connectivity index is 1.73. The summed E-state index contributed by atoms with van der Waals surface area (Å²) in [6, 6.07) is 13.2. The molecule has 0 radical (unpaired) electrons. The van der Waals surface area contributed by atoms with Gasteiger partial charge >= 0.3 is 0 Å². The van der Waals surface area contributed by atoms with Crippen LogP contribution in [0.3, 0.4) is 0 Å². The van der Waals surface area contributed by atoms with Crippen LogP contribution in [0.5, 0.6) is 5.75 Å². The lowest BCUT2D eigenvalue weighted by molar-refractivity contribution is 0.183. The number of ether oxygens (including phenoxy) is 2. The molecule has 0 spiro atoms. The van der Waals surface area contributed by atoms with Gasteiger partial charge in [-0.25, -0.2) is 9.37 Å². The molecule has 1 aromatic heterocycles. The van der Waals surface area contributed by atoms with E-state index in [1.807, 2.05) is 18.2 Å². The normalized spacial score (nSPS) is 11.0. The number of thioether (sulfide) groups is 1. The van der Waals surface area contributed by atoms with Gasteiger partial charge in [-0.3, -0.25) is 9.36 Å². The molecule has 0 amide bonds. The number of para-hydroxylation sites is 1. The fourth-order valence-corrected chi connectivity index (χ4v) is 3.30. The Kier molecular flexibility index (Phi) is 6.25. The van der Waals surface area contributed by atoms with E-state index in [1.165, 1.54) is 23.9 Å². The maximum Gasteiger partial charge on any atom is 0.262 e. The fourth-order valence-electron chi connectivity index (χ4n) is 2.46. The van der Waals surface area contributed by atoms with Gasteiger partial charge in [0.15, 0.2) is 5.16 Å². The smallest absolute Gasteiger partial charge is 0.262 e. The molecular weight excluding hydrogens is 355 g/mol. The van der Waals surface area contributed by atoms with Crippen LogP contribution in [0.4, 0.5) is 4.39 Å². The second-order valence-corrected chi connectivity index (χ2v) is 6.57. The van der Waals surface area contributed by atoms with E-state index in [4.69, 9.17) is 9.47 Å². The van der Waals surface area contributed by atoms with Crippen LogP contribution >= 0.6 is 11.8 Å². The number of benzene rings is 2. The molecule has 0 bridgehead atoms. The molecule has 0 aliphatic heterocycles. The zero-order valence-corrected chi connectivity index (χ0v) is 15.2. The van der Waals surface area contributed by atoms with Crippen molar-refractivity contribution in [2.45, 2.75) is 11.7 Å². The minimum atomic E-state index is -0.297. The average Bonchev–Trinajstić information content (AvgIpc) is 2.66. The highest BCUT2D eigenvalue weighted by Crippen LogP contribution is 2.18. The van der Waals surface area contributed by atoms with Gasteiger partial charge in [0.2, 0.25) is 0 Å². The predicted octanol–water partition coefficient (Wildman–Crippen LogP) is 3.35. The molecule has 0 unspecified atom stereocenters. The summed E-state index contributed by atoms with van der Waals surface area (Å²) in [4.78, 5) is 17.3. The first-order valence-electron chi connectivity index (χ1n) is 8.19. The molecule has 3 aromatic rings. The number of hydrogen-bond acceptors (Lipinski definition) is 5. The molecule has 0 aliphatic rings. The lowest BCUT2D eigenvalue weighted by Gasteiger charge is -2.13. The Labute approximate surface area is 154 Å². The van der Waals surface area contributed by atoms with Gasteiger partial charge in [-0.15, -0.1) is 0 Å². The van der Waals surface area contributed by atoms with E-state index in [2.05, 4.69) is 4.98 Å². The topological polar surface area (TPSA) is 53.4 Å². The third-order valence-electron chi connectivity index (χ3n) is 3.74. The molecule has 0 saturated heterocycles. The van der Waals surface area contributed by atoms with Crippen molar-refractivity contribution in [2.24, 2.45) is 0 Å². The number of hydrogen-bond donors (Lipinski definition) is 0. The van der Waals surface area contributed by atoms with Gasteiger partial charge in [0, 0.05) is 12.9 Å². The molecule has 0 N–H and O–H groups in total. The first kappa shape index (κ1) is 18.4. The van der Waals surface area contributed by atoms with Crippen molar-refractivity contribution in [1.82, 2.24) is 9.55 Å². The summed E-state index contributed by atoms with van der Waals surface area (Å²) in [7, 11) is 1.60. The lowest BCUT2D eigenvalue weighted by Crippen LogP contribution is -2.25. The van der Waals surface area contributed by atoms with Crippen molar-refractivity contribution in [3.8, 4) is 5.75 Å². The Hall–Kier alpha value is -2.38. The number of rotatable bonds is 8. The van der Waals surface area contributed by atoms with Crippen LogP contribution in [-0.4, -0.2) is 35.6 Å². The van der Waals surface area contributed by atoms with E-state index in [0.29, 0.717) is 47.3 Å². The third-order valence-corrected chi connectivity index (χ3v) is 4.68. The molecule has 136 valence electrons. The van der Waals surface area contributed by atoms with Crippen molar-refractivity contribution in [3.05, 3.63) is 64.7 Å². The Bertz CT molecular complexity index is 928. The van der Waals surface area contributed by atoms with Crippen molar-refractivity contribution in [2.75, 3.05) is 26.1 Å². The molecule has 5 nitrogen and oxygen atoms in total. The van der Waals surface area contributed by atoms with Gasteiger partial charge in [0.05, 0.1) is 30.7 Å². The zero-order valence-electron chi connectivity index (χ0n) is 14.4. The van der Waals surface area contributed by atoms with Crippen molar-refractivity contribution < 1.29 is 13.9 Å². The van der Waals surface area contributed by atoms with Crippen LogP contribution in [0.2, 0.25) is 0 Å². The summed E-state index contributed by atoms with van der Waals surface area (Å²) in [6.07, 6.45) is 0. The lowest BCUT2D eigenvalue weighted by atomic mass is 10.2. The summed E-state index contributed by atoms with van der Waals surface area (Å²) in [5, 5.41) is 1.23. The number of halogens is 1. The molecule has 0 saturated carbocycles. The van der Waals surface area contributed by atoms with Gasteiger partial charge in [-0.05, 0) is 36.4 Å². The zero-order chi connectivity index (χ0) is 18.4. The molecule has 0 aliphatic carbocycles. The molecule has 3 rings (SSSR count). The highest BCUT2D eigenvalue weighted by Gasteiger charge is 2.11. The van der Waals surface area contributed by atoms with Crippen LogP contribution in [0.15, 0.2) is 58.5 Å². The quantitative estimate of drug-likeness (QED) is 0.344. The van der Waals surface area contributed by atoms with Crippen molar-refractivity contribution in [3.63, 3.8) is 0 Å². The van der Waals surface area contributed by atoms with Crippen LogP contribution in [0.1, 0.15) is 0 Å². The largest absolute Gasteiger partial charge is 0.493 e. The number of aromatic nitrogens is 2.